The van der Waals surface area contributed by atoms with Crippen molar-refractivity contribution in [1.82, 2.24) is 5.32 Å². The van der Waals surface area contributed by atoms with Crippen LogP contribution >= 0.6 is 0 Å². The third-order valence-corrected chi connectivity index (χ3v) is 19.1. The molecule has 538 valence electrons. The van der Waals surface area contributed by atoms with Crippen LogP contribution in [0.5, 0.6) is 0 Å². The van der Waals surface area contributed by atoms with Crippen LogP contribution in [0.15, 0.2) is 72.9 Å². The predicted molar refractivity (Wildman–Crippen MR) is 396 cm³/mol. The van der Waals surface area contributed by atoms with Crippen LogP contribution in [0.2, 0.25) is 0 Å². The summed E-state index contributed by atoms with van der Waals surface area (Å²) < 4.78 is 11.4. The van der Waals surface area contributed by atoms with E-state index in [-0.39, 0.29) is 12.5 Å². The van der Waals surface area contributed by atoms with Gasteiger partial charge in [-0.25, -0.2) is 0 Å². The molecule has 7 unspecified atom stereocenters. The van der Waals surface area contributed by atoms with Crippen molar-refractivity contribution in [2.24, 2.45) is 0 Å². The molecule has 0 bridgehead atoms. The first kappa shape index (κ1) is 87.6. The van der Waals surface area contributed by atoms with Crippen molar-refractivity contribution < 1.29 is 39.8 Å². The van der Waals surface area contributed by atoms with Gasteiger partial charge in [0, 0.05) is 6.42 Å². The Bertz CT molecular complexity index is 1690. The second kappa shape index (κ2) is 71.4. The lowest BCUT2D eigenvalue weighted by molar-refractivity contribution is -0.302. The van der Waals surface area contributed by atoms with Gasteiger partial charge in [-0.15, -0.1) is 0 Å². The molecular weight excluding hydrogens is 1140 g/mol. The van der Waals surface area contributed by atoms with E-state index < -0.39 is 49.5 Å². The Hall–Kier alpha value is -2.37. The topological polar surface area (TPSA) is 149 Å². The zero-order valence-electron chi connectivity index (χ0n) is 60.6. The second-order valence-electron chi connectivity index (χ2n) is 27.8. The van der Waals surface area contributed by atoms with Crippen LogP contribution in [0.3, 0.4) is 0 Å². The van der Waals surface area contributed by atoms with Gasteiger partial charge in [0.05, 0.1) is 25.4 Å². The highest BCUT2D eigenvalue weighted by Gasteiger charge is 2.44. The Kier molecular flexibility index (Phi) is 68.0. The van der Waals surface area contributed by atoms with Gasteiger partial charge in [-0.3, -0.25) is 4.79 Å². The quantitative estimate of drug-likeness (QED) is 0.0261. The van der Waals surface area contributed by atoms with Gasteiger partial charge in [0.1, 0.15) is 24.4 Å². The molecule has 0 aliphatic carbocycles. The van der Waals surface area contributed by atoms with Crippen LogP contribution in [0.4, 0.5) is 0 Å². The summed E-state index contributed by atoms with van der Waals surface area (Å²) in [6, 6.07) is -0.722. The van der Waals surface area contributed by atoms with Crippen molar-refractivity contribution in [1.29, 1.82) is 0 Å². The Morgan fingerprint density at radius 2 is 0.674 bits per heavy atom. The minimum atomic E-state index is -1.56. The van der Waals surface area contributed by atoms with E-state index in [1.54, 1.807) is 0 Å². The van der Waals surface area contributed by atoms with E-state index >= 15 is 0 Å². The van der Waals surface area contributed by atoms with Crippen LogP contribution in [-0.2, 0) is 14.3 Å². The predicted octanol–water partition coefficient (Wildman–Crippen LogP) is 23.0. The number of nitrogens with one attached hydrogen (secondary N) is 1. The van der Waals surface area contributed by atoms with Gasteiger partial charge >= 0.3 is 0 Å². The smallest absolute Gasteiger partial charge is 0.220 e. The standard InChI is InChI=1S/C83H153NO8/c1-3-5-7-9-11-13-15-17-19-21-23-25-27-29-31-33-35-36-37-38-39-40-41-42-43-45-47-49-51-53-55-57-59-61-63-65-67-69-71-73-79(87)84-76(75-91-83-82(90)81(89)80(88)78(74-85)92-83)77(86)72-70-68-66-64-62-60-58-56-54-52-50-48-46-44-34-32-30-28-26-24-22-20-18-16-14-12-10-8-6-4-2/h5,7,11,13,17,19,23,25,29,31,35-36,76-78,80-83,85-86,88-90H,3-4,6,8-10,12,14-16,18,20-22,24,26-28,30,32-34,37-75H2,1-2H3,(H,84,87)/b7-5-,13-11-,19-17-,25-23-,31-29-,36-35-. The highest BCUT2D eigenvalue weighted by Crippen LogP contribution is 2.24. The molecule has 92 heavy (non-hydrogen) atoms. The number of aliphatic hydroxyl groups is 5. The average molecular weight is 1290 g/mol. The van der Waals surface area contributed by atoms with Gasteiger partial charge in [0.25, 0.3) is 0 Å². The molecule has 1 heterocycles. The number of ether oxygens (including phenoxy) is 2. The fourth-order valence-electron chi connectivity index (χ4n) is 12.9. The molecule has 0 aromatic heterocycles. The summed E-state index contributed by atoms with van der Waals surface area (Å²) in [5.74, 6) is -0.137. The van der Waals surface area contributed by atoms with Gasteiger partial charge in [-0.2, -0.15) is 0 Å². The van der Waals surface area contributed by atoms with Gasteiger partial charge in [0.2, 0.25) is 5.91 Å². The van der Waals surface area contributed by atoms with Crippen molar-refractivity contribution in [2.75, 3.05) is 13.2 Å². The summed E-state index contributed by atoms with van der Waals surface area (Å²) in [5.41, 5.74) is 0. The van der Waals surface area contributed by atoms with E-state index in [0.717, 1.165) is 77.0 Å². The van der Waals surface area contributed by atoms with Gasteiger partial charge in [-0.1, -0.05) is 395 Å². The monoisotopic (exact) mass is 1290 g/mol. The maximum Gasteiger partial charge on any atom is 0.220 e. The van der Waals surface area contributed by atoms with E-state index in [9.17, 15) is 30.3 Å². The largest absolute Gasteiger partial charge is 0.394 e. The Labute approximate surface area is 569 Å². The van der Waals surface area contributed by atoms with Crippen LogP contribution in [0, 0.1) is 0 Å². The molecule has 0 aromatic rings. The minimum absolute atomic E-state index is 0.135. The number of hydrogen-bond acceptors (Lipinski definition) is 8. The lowest BCUT2D eigenvalue weighted by Crippen LogP contribution is -2.60. The van der Waals surface area contributed by atoms with Crippen molar-refractivity contribution in [3.05, 3.63) is 72.9 Å². The summed E-state index contributed by atoms with van der Waals surface area (Å²) >= 11 is 0. The molecule has 0 aromatic carbocycles. The molecule has 0 radical (unpaired) electrons. The molecule has 9 nitrogen and oxygen atoms in total. The SMILES string of the molecule is CC/C=C\C/C=C\C/C=C\C/C=C\C/C=C\C/C=C\CCCCCCCCCCCCCCCCCCCCCCC(=O)NC(COC1OC(CO)C(O)C(O)C1O)C(O)CCCCCCCCCCCCCCCCCCCCCCCCCCCCCCCC. The molecular formula is C83H153NO8. The molecule has 1 rings (SSSR count). The molecule has 1 aliphatic rings. The lowest BCUT2D eigenvalue weighted by Gasteiger charge is -2.40. The third kappa shape index (κ3) is 58.9. The van der Waals surface area contributed by atoms with Crippen LogP contribution < -0.4 is 5.32 Å². The van der Waals surface area contributed by atoms with Crippen molar-refractivity contribution in [2.45, 2.75) is 436 Å². The fraction of sp³-hybridized carbons (Fsp3) is 0.843. The Balaban J connectivity index is 2.05. The molecule has 1 saturated heterocycles. The summed E-state index contributed by atoms with van der Waals surface area (Å²) in [5, 5.41) is 55.1. The van der Waals surface area contributed by atoms with E-state index in [1.165, 1.54) is 289 Å². The summed E-state index contributed by atoms with van der Waals surface area (Å²) in [6.45, 7) is 3.78. The van der Waals surface area contributed by atoms with Crippen LogP contribution in [-0.4, -0.2) is 87.5 Å². The normalized spacial score (nSPS) is 18.0. The van der Waals surface area contributed by atoms with Crippen LogP contribution in [0.25, 0.3) is 0 Å². The molecule has 0 spiro atoms. The second-order valence-corrected chi connectivity index (χ2v) is 27.8. The number of aliphatic hydroxyl groups excluding tert-OH is 5. The Morgan fingerprint density at radius 3 is 1.00 bits per heavy atom. The molecule has 1 aliphatic heterocycles. The number of rotatable bonds is 71. The number of carbonyl (C=O) groups excluding carboxylic acids is 1. The van der Waals surface area contributed by atoms with Crippen molar-refractivity contribution >= 4 is 5.91 Å². The lowest BCUT2D eigenvalue weighted by atomic mass is 9.99. The molecule has 7 atom stereocenters. The molecule has 1 fully saturated rings. The number of allylic oxidation sites excluding steroid dienone is 12. The number of carbonyl (C=O) groups is 1. The number of unbranched alkanes of at least 4 members (excludes halogenated alkanes) is 49. The first-order valence-electron chi connectivity index (χ1n) is 40.1. The molecule has 9 heteroatoms. The van der Waals surface area contributed by atoms with Gasteiger partial charge in [0.15, 0.2) is 6.29 Å². The average Bonchev–Trinajstić information content (AvgIpc) is 1.45. The summed E-state index contributed by atoms with van der Waals surface area (Å²) in [7, 11) is 0. The first-order valence-corrected chi connectivity index (χ1v) is 40.1. The highest BCUT2D eigenvalue weighted by molar-refractivity contribution is 5.76. The minimum Gasteiger partial charge on any atom is -0.394 e. The van der Waals surface area contributed by atoms with E-state index in [2.05, 4.69) is 92.1 Å². The number of hydrogen-bond donors (Lipinski definition) is 6. The van der Waals surface area contributed by atoms with Crippen molar-refractivity contribution in [3.63, 3.8) is 0 Å². The zero-order chi connectivity index (χ0) is 66.4. The molecule has 1 amide bonds. The van der Waals surface area contributed by atoms with E-state index in [1.807, 2.05) is 0 Å². The fourth-order valence-corrected chi connectivity index (χ4v) is 12.9. The van der Waals surface area contributed by atoms with Crippen molar-refractivity contribution in [3.8, 4) is 0 Å². The Morgan fingerprint density at radius 1 is 0.380 bits per heavy atom. The maximum absolute atomic E-state index is 13.2. The van der Waals surface area contributed by atoms with Gasteiger partial charge < -0.3 is 40.3 Å². The molecule has 0 saturated carbocycles. The highest BCUT2D eigenvalue weighted by atomic mass is 16.7. The zero-order valence-corrected chi connectivity index (χ0v) is 60.6. The van der Waals surface area contributed by atoms with E-state index in [4.69, 9.17) is 9.47 Å². The summed E-state index contributed by atoms with van der Waals surface area (Å²) in [4.78, 5) is 13.2. The maximum atomic E-state index is 13.2. The molecule has 6 N–H and O–H groups in total. The van der Waals surface area contributed by atoms with Gasteiger partial charge in [-0.05, 0) is 64.2 Å². The third-order valence-electron chi connectivity index (χ3n) is 19.1. The number of amides is 1. The van der Waals surface area contributed by atoms with E-state index in [0.29, 0.717) is 12.8 Å². The first-order chi connectivity index (χ1) is 45.3. The van der Waals surface area contributed by atoms with Crippen LogP contribution in [0.1, 0.15) is 393 Å². The summed E-state index contributed by atoms with van der Waals surface area (Å²) in [6.07, 6.45) is 94.4.